The Morgan fingerprint density at radius 2 is 1.94 bits per heavy atom. The number of alkyl halides is 1. The van der Waals surface area contributed by atoms with E-state index in [0.717, 1.165) is 25.7 Å². The van der Waals surface area contributed by atoms with Crippen LogP contribution in [0.25, 0.3) is 0 Å². The molecule has 104 valence electrons. The molecule has 2 atom stereocenters. The Labute approximate surface area is 109 Å². The number of hydrogen-bond acceptors (Lipinski definition) is 2. The SMILES string of the molecule is CC(C)O[C@H]1CCN(C(=O)C2CCCC2)C[C@H]1F. The fourth-order valence-corrected chi connectivity index (χ4v) is 3.02. The number of piperidine rings is 1. The van der Waals surface area contributed by atoms with Gasteiger partial charge in [0.05, 0.1) is 18.8 Å². The van der Waals surface area contributed by atoms with Crippen LogP contribution in [-0.2, 0) is 9.53 Å². The van der Waals surface area contributed by atoms with E-state index in [9.17, 15) is 9.18 Å². The molecule has 2 rings (SSSR count). The van der Waals surface area contributed by atoms with Crippen LogP contribution in [-0.4, -0.2) is 42.3 Å². The number of nitrogens with zero attached hydrogens (tertiary/aromatic N) is 1. The molecule has 1 aliphatic carbocycles. The number of rotatable bonds is 3. The normalized spacial score (nSPS) is 30.1. The summed E-state index contributed by atoms with van der Waals surface area (Å²) in [5.41, 5.74) is 0. The molecule has 0 aromatic carbocycles. The lowest BCUT2D eigenvalue weighted by Gasteiger charge is -2.36. The molecule has 0 aromatic heterocycles. The van der Waals surface area contributed by atoms with Crippen molar-refractivity contribution in [2.45, 2.75) is 64.3 Å². The number of likely N-dealkylation sites (tertiary alicyclic amines) is 1. The Hall–Kier alpha value is -0.640. The molecule has 1 aliphatic heterocycles. The van der Waals surface area contributed by atoms with Crippen molar-refractivity contribution < 1.29 is 13.9 Å². The van der Waals surface area contributed by atoms with Crippen molar-refractivity contribution in [3.63, 3.8) is 0 Å². The fourth-order valence-electron chi connectivity index (χ4n) is 3.02. The quantitative estimate of drug-likeness (QED) is 0.777. The van der Waals surface area contributed by atoms with Gasteiger partial charge in [0.15, 0.2) is 0 Å². The van der Waals surface area contributed by atoms with E-state index in [1.807, 2.05) is 13.8 Å². The fraction of sp³-hybridized carbons (Fsp3) is 0.929. The van der Waals surface area contributed by atoms with Gasteiger partial charge in [-0.15, -0.1) is 0 Å². The summed E-state index contributed by atoms with van der Waals surface area (Å²) in [6.07, 6.45) is 3.55. The molecule has 0 aromatic rings. The molecule has 1 saturated carbocycles. The first-order chi connectivity index (χ1) is 8.58. The lowest BCUT2D eigenvalue weighted by Crippen LogP contribution is -2.50. The van der Waals surface area contributed by atoms with Gasteiger partial charge in [-0.3, -0.25) is 4.79 Å². The predicted octanol–water partition coefficient (Wildman–Crippen LogP) is 2.54. The highest BCUT2D eigenvalue weighted by molar-refractivity contribution is 5.79. The van der Waals surface area contributed by atoms with Crippen molar-refractivity contribution in [2.75, 3.05) is 13.1 Å². The molecule has 18 heavy (non-hydrogen) atoms. The third-order valence-electron chi connectivity index (χ3n) is 3.94. The van der Waals surface area contributed by atoms with E-state index in [-0.39, 0.29) is 30.6 Å². The van der Waals surface area contributed by atoms with Gasteiger partial charge >= 0.3 is 0 Å². The molecule has 0 radical (unpaired) electrons. The predicted molar refractivity (Wildman–Crippen MR) is 68.1 cm³/mol. The number of halogens is 1. The van der Waals surface area contributed by atoms with E-state index in [1.54, 1.807) is 4.90 Å². The van der Waals surface area contributed by atoms with Gasteiger partial charge in [0.1, 0.15) is 6.17 Å². The lowest BCUT2D eigenvalue weighted by atomic mass is 10.0. The second-order valence-electron chi connectivity index (χ2n) is 5.79. The summed E-state index contributed by atoms with van der Waals surface area (Å²) < 4.78 is 19.5. The maximum absolute atomic E-state index is 14.0. The van der Waals surface area contributed by atoms with Crippen molar-refractivity contribution in [1.82, 2.24) is 4.90 Å². The highest BCUT2D eigenvalue weighted by Crippen LogP contribution is 2.28. The largest absolute Gasteiger partial charge is 0.372 e. The Morgan fingerprint density at radius 3 is 2.50 bits per heavy atom. The van der Waals surface area contributed by atoms with Gasteiger partial charge in [-0.2, -0.15) is 0 Å². The molecule has 0 N–H and O–H groups in total. The minimum absolute atomic E-state index is 0.0466. The Morgan fingerprint density at radius 1 is 1.28 bits per heavy atom. The Kier molecular flexibility index (Phi) is 4.60. The van der Waals surface area contributed by atoms with Crippen LogP contribution >= 0.6 is 0 Å². The molecular formula is C14H24FNO2. The number of ether oxygens (including phenoxy) is 1. The zero-order valence-electron chi connectivity index (χ0n) is 11.4. The first-order valence-electron chi connectivity index (χ1n) is 7.16. The van der Waals surface area contributed by atoms with E-state index < -0.39 is 6.17 Å². The van der Waals surface area contributed by atoms with Crippen LogP contribution in [0, 0.1) is 5.92 Å². The number of carbonyl (C=O) groups is 1. The van der Waals surface area contributed by atoms with E-state index in [4.69, 9.17) is 4.74 Å². The minimum atomic E-state index is -1.04. The van der Waals surface area contributed by atoms with Crippen molar-refractivity contribution >= 4 is 5.91 Å². The molecule has 1 heterocycles. The third-order valence-corrected chi connectivity index (χ3v) is 3.94. The smallest absolute Gasteiger partial charge is 0.225 e. The molecule has 0 unspecified atom stereocenters. The summed E-state index contributed by atoms with van der Waals surface area (Å²) in [5.74, 6) is 0.318. The van der Waals surface area contributed by atoms with Crippen LogP contribution in [0.4, 0.5) is 4.39 Å². The highest BCUT2D eigenvalue weighted by atomic mass is 19.1. The monoisotopic (exact) mass is 257 g/mol. The van der Waals surface area contributed by atoms with Gasteiger partial charge in [0.2, 0.25) is 5.91 Å². The van der Waals surface area contributed by atoms with Gasteiger partial charge in [-0.1, -0.05) is 12.8 Å². The van der Waals surface area contributed by atoms with E-state index >= 15 is 0 Å². The van der Waals surface area contributed by atoms with Crippen molar-refractivity contribution in [3.05, 3.63) is 0 Å². The number of carbonyl (C=O) groups excluding carboxylic acids is 1. The zero-order chi connectivity index (χ0) is 13.1. The summed E-state index contributed by atoms with van der Waals surface area (Å²) in [5, 5.41) is 0. The first kappa shape index (κ1) is 13.8. The molecule has 2 aliphatic rings. The highest BCUT2D eigenvalue weighted by Gasteiger charge is 2.35. The maximum Gasteiger partial charge on any atom is 0.225 e. The summed E-state index contributed by atoms with van der Waals surface area (Å²) in [7, 11) is 0. The molecule has 4 heteroatoms. The summed E-state index contributed by atoms with van der Waals surface area (Å²) in [6.45, 7) is 4.70. The van der Waals surface area contributed by atoms with Gasteiger partial charge < -0.3 is 9.64 Å². The molecule has 0 bridgehead atoms. The van der Waals surface area contributed by atoms with Crippen LogP contribution in [0.3, 0.4) is 0 Å². The van der Waals surface area contributed by atoms with E-state index in [2.05, 4.69) is 0 Å². The molecule has 1 amide bonds. The second kappa shape index (κ2) is 6.00. The van der Waals surface area contributed by atoms with E-state index in [1.165, 1.54) is 0 Å². The van der Waals surface area contributed by atoms with Crippen LogP contribution in [0.5, 0.6) is 0 Å². The lowest BCUT2D eigenvalue weighted by molar-refractivity contribution is -0.142. The molecular weight excluding hydrogens is 233 g/mol. The molecule has 0 spiro atoms. The Bertz CT molecular complexity index is 290. The number of amides is 1. The van der Waals surface area contributed by atoms with Crippen molar-refractivity contribution in [1.29, 1.82) is 0 Å². The standard InChI is InChI=1S/C14H24FNO2/c1-10(2)18-13-7-8-16(9-12(13)15)14(17)11-5-3-4-6-11/h10-13H,3-9H2,1-2H3/t12-,13+/m1/s1. The minimum Gasteiger partial charge on any atom is -0.372 e. The topological polar surface area (TPSA) is 29.5 Å². The average Bonchev–Trinajstić information content (AvgIpc) is 2.84. The van der Waals surface area contributed by atoms with Crippen molar-refractivity contribution in [3.8, 4) is 0 Å². The van der Waals surface area contributed by atoms with Gasteiger partial charge in [-0.05, 0) is 33.1 Å². The molecule has 3 nitrogen and oxygen atoms in total. The van der Waals surface area contributed by atoms with Crippen LogP contribution in [0.2, 0.25) is 0 Å². The van der Waals surface area contributed by atoms with Gasteiger partial charge in [0.25, 0.3) is 0 Å². The summed E-state index contributed by atoms with van der Waals surface area (Å²) >= 11 is 0. The zero-order valence-corrected chi connectivity index (χ0v) is 11.4. The first-order valence-corrected chi connectivity index (χ1v) is 7.16. The molecule has 2 fully saturated rings. The third kappa shape index (κ3) is 3.22. The van der Waals surface area contributed by atoms with Crippen LogP contribution in [0.1, 0.15) is 46.0 Å². The van der Waals surface area contributed by atoms with Gasteiger partial charge in [0, 0.05) is 12.5 Å². The van der Waals surface area contributed by atoms with Crippen LogP contribution in [0.15, 0.2) is 0 Å². The average molecular weight is 257 g/mol. The maximum atomic E-state index is 14.0. The van der Waals surface area contributed by atoms with Crippen LogP contribution < -0.4 is 0 Å². The van der Waals surface area contributed by atoms with E-state index in [0.29, 0.717) is 13.0 Å². The number of hydrogen-bond donors (Lipinski definition) is 0. The second-order valence-corrected chi connectivity index (χ2v) is 5.79. The Balaban J connectivity index is 1.85. The summed E-state index contributed by atoms with van der Waals surface area (Å²) in [4.78, 5) is 13.9. The summed E-state index contributed by atoms with van der Waals surface area (Å²) in [6, 6.07) is 0. The molecule has 1 saturated heterocycles. The van der Waals surface area contributed by atoms with Gasteiger partial charge in [-0.25, -0.2) is 4.39 Å². The van der Waals surface area contributed by atoms with Crippen molar-refractivity contribution in [2.24, 2.45) is 5.92 Å².